The molecular formula is C22H42O3. The van der Waals surface area contributed by atoms with Crippen LogP contribution in [0, 0.1) is 29.6 Å². The maximum absolute atomic E-state index is 6.50. The summed E-state index contributed by atoms with van der Waals surface area (Å²) < 4.78 is 19.1. The van der Waals surface area contributed by atoms with Crippen LogP contribution < -0.4 is 0 Å². The Balaban J connectivity index is 1.94. The predicted molar refractivity (Wildman–Crippen MR) is 104 cm³/mol. The van der Waals surface area contributed by atoms with E-state index in [1.807, 2.05) is 0 Å². The zero-order valence-corrected chi connectivity index (χ0v) is 17.9. The van der Waals surface area contributed by atoms with Gasteiger partial charge in [0.25, 0.3) is 0 Å². The van der Waals surface area contributed by atoms with Crippen molar-refractivity contribution in [3.63, 3.8) is 0 Å². The SMILES string of the molecule is CCC1OC(COCC2(CC)OC(CC)C(C)C2C)C(C)C(C)C1C. The zero-order chi connectivity index (χ0) is 18.8. The van der Waals surface area contributed by atoms with Gasteiger partial charge in [-0.1, -0.05) is 55.4 Å². The Morgan fingerprint density at radius 1 is 0.760 bits per heavy atom. The standard InChI is InChI=1S/C22H42O3/c1-9-19-15(5)14(4)16(6)21(24-19)12-23-13-22(11-3)18(8)17(7)20(10-2)25-22/h14-21H,9-13H2,1-8H3. The monoisotopic (exact) mass is 354 g/mol. The Kier molecular flexibility index (Phi) is 7.38. The third-order valence-corrected chi connectivity index (χ3v) is 7.80. The molecule has 3 heteroatoms. The quantitative estimate of drug-likeness (QED) is 0.619. The molecule has 0 amide bonds. The Labute approximate surface area is 156 Å². The lowest BCUT2D eigenvalue weighted by atomic mass is 9.76. The summed E-state index contributed by atoms with van der Waals surface area (Å²) in [5.41, 5.74) is -0.124. The van der Waals surface area contributed by atoms with Crippen LogP contribution in [0.2, 0.25) is 0 Å². The summed E-state index contributed by atoms with van der Waals surface area (Å²) in [5, 5.41) is 0. The van der Waals surface area contributed by atoms with Crippen molar-refractivity contribution in [2.75, 3.05) is 13.2 Å². The Morgan fingerprint density at radius 2 is 1.36 bits per heavy atom. The lowest BCUT2D eigenvalue weighted by Crippen LogP contribution is -2.47. The van der Waals surface area contributed by atoms with Crippen molar-refractivity contribution in [1.29, 1.82) is 0 Å². The van der Waals surface area contributed by atoms with Crippen molar-refractivity contribution in [3.05, 3.63) is 0 Å². The van der Waals surface area contributed by atoms with Crippen LogP contribution in [0.15, 0.2) is 0 Å². The average molecular weight is 355 g/mol. The maximum atomic E-state index is 6.50. The summed E-state index contributed by atoms with van der Waals surface area (Å²) in [4.78, 5) is 0. The lowest BCUT2D eigenvalue weighted by molar-refractivity contribution is -0.172. The molecule has 2 saturated heterocycles. The molecule has 0 N–H and O–H groups in total. The van der Waals surface area contributed by atoms with Crippen molar-refractivity contribution < 1.29 is 14.2 Å². The van der Waals surface area contributed by atoms with Gasteiger partial charge in [0.2, 0.25) is 0 Å². The molecule has 0 aromatic carbocycles. The summed E-state index contributed by atoms with van der Waals surface area (Å²) in [7, 11) is 0. The van der Waals surface area contributed by atoms with Crippen LogP contribution in [0.25, 0.3) is 0 Å². The normalized spacial score (nSPS) is 48.0. The highest BCUT2D eigenvalue weighted by Gasteiger charge is 2.49. The molecule has 148 valence electrons. The Morgan fingerprint density at radius 3 is 1.88 bits per heavy atom. The lowest BCUT2D eigenvalue weighted by Gasteiger charge is -2.44. The highest BCUT2D eigenvalue weighted by atomic mass is 16.6. The van der Waals surface area contributed by atoms with Gasteiger partial charge in [-0.2, -0.15) is 0 Å². The van der Waals surface area contributed by atoms with Gasteiger partial charge in [0.15, 0.2) is 0 Å². The first-order chi connectivity index (χ1) is 11.8. The first-order valence-corrected chi connectivity index (χ1v) is 10.7. The molecule has 25 heavy (non-hydrogen) atoms. The van der Waals surface area contributed by atoms with Gasteiger partial charge in [0.05, 0.1) is 37.1 Å². The van der Waals surface area contributed by atoms with Crippen molar-refractivity contribution in [3.8, 4) is 0 Å². The minimum absolute atomic E-state index is 0.124. The van der Waals surface area contributed by atoms with Crippen molar-refractivity contribution in [1.82, 2.24) is 0 Å². The van der Waals surface area contributed by atoms with Crippen LogP contribution in [0.4, 0.5) is 0 Å². The van der Waals surface area contributed by atoms with E-state index in [9.17, 15) is 0 Å². The fraction of sp³-hybridized carbons (Fsp3) is 1.00. The number of hydrogen-bond donors (Lipinski definition) is 0. The van der Waals surface area contributed by atoms with Crippen LogP contribution in [-0.4, -0.2) is 37.1 Å². The third-order valence-electron chi connectivity index (χ3n) is 7.80. The van der Waals surface area contributed by atoms with Crippen LogP contribution in [0.3, 0.4) is 0 Å². The first-order valence-electron chi connectivity index (χ1n) is 10.7. The zero-order valence-electron chi connectivity index (χ0n) is 17.9. The highest BCUT2D eigenvalue weighted by Crippen LogP contribution is 2.44. The Hall–Kier alpha value is -0.120. The van der Waals surface area contributed by atoms with Crippen molar-refractivity contribution in [2.45, 2.75) is 98.6 Å². The average Bonchev–Trinajstić information content (AvgIpc) is 2.86. The molecule has 0 bridgehead atoms. The first kappa shape index (κ1) is 21.2. The molecule has 0 spiro atoms. The molecule has 2 aliphatic rings. The van der Waals surface area contributed by atoms with Crippen LogP contribution in [-0.2, 0) is 14.2 Å². The van der Waals surface area contributed by atoms with Gasteiger partial charge < -0.3 is 14.2 Å². The molecule has 3 nitrogen and oxygen atoms in total. The second-order valence-electron chi connectivity index (χ2n) is 8.84. The van der Waals surface area contributed by atoms with E-state index in [2.05, 4.69) is 55.4 Å². The summed E-state index contributed by atoms with van der Waals surface area (Å²) in [6, 6.07) is 0. The fourth-order valence-electron chi connectivity index (χ4n) is 5.08. The maximum Gasteiger partial charge on any atom is 0.0944 e. The largest absolute Gasteiger partial charge is 0.376 e. The summed E-state index contributed by atoms with van der Waals surface area (Å²) in [6.07, 6.45) is 4.13. The van der Waals surface area contributed by atoms with Crippen molar-refractivity contribution in [2.24, 2.45) is 29.6 Å². The second kappa shape index (κ2) is 8.71. The fourth-order valence-corrected chi connectivity index (χ4v) is 5.08. The molecule has 9 unspecified atom stereocenters. The van der Waals surface area contributed by atoms with Gasteiger partial charge in [-0.3, -0.25) is 0 Å². The van der Waals surface area contributed by atoms with E-state index in [1.54, 1.807) is 0 Å². The minimum Gasteiger partial charge on any atom is -0.376 e. The molecule has 2 rings (SSSR count). The van der Waals surface area contributed by atoms with E-state index < -0.39 is 0 Å². The van der Waals surface area contributed by atoms with Gasteiger partial charge in [-0.15, -0.1) is 0 Å². The predicted octanol–water partition coefficient (Wildman–Crippen LogP) is 5.32. The molecule has 0 aliphatic carbocycles. The molecule has 2 fully saturated rings. The van der Waals surface area contributed by atoms with Gasteiger partial charge >= 0.3 is 0 Å². The third kappa shape index (κ3) is 4.09. The van der Waals surface area contributed by atoms with Gasteiger partial charge in [-0.25, -0.2) is 0 Å². The molecule has 2 heterocycles. The number of hydrogen-bond acceptors (Lipinski definition) is 3. The minimum atomic E-state index is -0.124. The molecule has 2 aliphatic heterocycles. The van der Waals surface area contributed by atoms with E-state index in [1.165, 1.54) is 0 Å². The molecule has 0 aromatic heterocycles. The molecule has 9 atom stereocenters. The van der Waals surface area contributed by atoms with E-state index in [0.717, 1.165) is 19.3 Å². The van der Waals surface area contributed by atoms with Crippen molar-refractivity contribution >= 4 is 0 Å². The summed E-state index contributed by atoms with van der Waals surface area (Å²) in [6.45, 7) is 19.8. The molecule has 0 radical (unpaired) electrons. The molecule has 0 aromatic rings. The van der Waals surface area contributed by atoms with Crippen LogP contribution in [0.5, 0.6) is 0 Å². The summed E-state index contributed by atoms with van der Waals surface area (Å²) >= 11 is 0. The number of ether oxygens (including phenoxy) is 3. The van der Waals surface area contributed by atoms with E-state index in [0.29, 0.717) is 55.0 Å². The Bertz CT molecular complexity index is 410. The van der Waals surface area contributed by atoms with E-state index >= 15 is 0 Å². The highest BCUT2D eigenvalue weighted by molar-refractivity contribution is 4.97. The second-order valence-corrected chi connectivity index (χ2v) is 8.84. The van der Waals surface area contributed by atoms with Gasteiger partial charge in [-0.05, 0) is 48.9 Å². The van der Waals surface area contributed by atoms with Gasteiger partial charge in [0, 0.05) is 0 Å². The summed E-state index contributed by atoms with van der Waals surface area (Å²) in [5.74, 6) is 2.99. The van der Waals surface area contributed by atoms with Crippen LogP contribution in [0.1, 0.15) is 74.7 Å². The smallest absolute Gasteiger partial charge is 0.0944 e. The van der Waals surface area contributed by atoms with E-state index in [-0.39, 0.29) is 11.7 Å². The molecular weight excluding hydrogens is 312 g/mol. The number of rotatable bonds is 7. The van der Waals surface area contributed by atoms with Crippen LogP contribution >= 0.6 is 0 Å². The van der Waals surface area contributed by atoms with E-state index in [4.69, 9.17) is 14.2 Å². The van der Waals surface area contributed by atoms with Gasteiger partial charge in [0.1, 0.15) is 0 Å². The molecule has 0 saturated carbocycles. The topological polar surface area (TPSA) is 27.7 Å².